The fraction of sp³-hybridized carbons (Fsp3) is 0.133. The van der Waals surface area contributed by atoms with E-state index in [1.54, 1.807) is 12.1 Å². The second kappa shape index (κ2) is 6.22. The standard InChI is InChI=1S/C15H14ClNO/c16-11-14(12-7-3-1-4-8-12)17-15(18)13-9-5-2-6-10-13/h1-10,14H,11H2,(H,17,18)/t14-/m1/s1. The number of rotatable bonds is 4. The van der Waals surface area contributed by atoms with Crippen LogP contribution in [-0.2, 0) is 0 Å². The average molecular weight is 260 g/mol. The third-order valence-corrected chi connectivity index (χ3v) is 3.01. The van der Waals surface area contributed by atoms with Crippen molar-refractivity contribution in [2.24, 2.45) is 0 Å². The molecule has 0 radical (unpaired) electrons. The minimum absolute atomic E-state index is 0.106. The Hall–Kier alpha value is -1.80. The molecule has 1 N–H and O–H groups in total. The molecule has 0 spiro atoms. The van der Waals surface area contributed by atoms with Gasteiger partial charge in [-0.15, -0.1) is 11.6 Å². The Kier molecular flexibility index (Phi) is 4.37. The predicted molar refractivity (Wildman–Crippen MR) is 73.8 cm³/mol. The van der Waals surface area contributed by atoms with Crippen molar-refractivity contribution in [3.63, 3.8) is 0 Å². The summed E-state index contributed by atoms with van der Waals surface area (Å²) < 4.78 is 0. The maximum absolute atomic E-state index is 12.0. The van der Waals surface area contributed by atoms with Gasteiger partial charge in [0.05, 0.1) is 6.04 Å². The fourth-order valence-electron chi connectivity index (χ4n) is 1.73. The van der Waals surface area contributed by atoms with Crippen molar-refractivity contribution >= 4 is 17.5 Å². The van der Waals surface area contributed by atoms with Crippen LogP contribution in [0.3, 0.4) is 0 Å². The third kappa shape index (κ3) is 3.11. The van der Waals surface area contributed by atoms with Gasteiger partial charge in [-0.2, -0.15) is 0 Å². The lowest BCUT2D eigenvalue weighted by atomic mass is 10.1. The molecule has 2 rings (SSSR count). The van der Waals surface area contributed by atoms with Crippen molar-refractivity contribution in [3.8, 4) is 0 Å². The van der Waals surface area contributed by atoms with E-state index < -0.39 is 0 Å². The molecule has 0 heterocycles. The van der Waals surface area contributed by atoms with Crippen LogP contribution in [0.25, 0.3) is 0 Å². The van der Waals surface area contributed by atoms with Crippen molar-refractivity contribution in [1.29, 1.82) is 0 Å². The van der Waals surface area contributed by atoms with Crippen molar-refractivity contribution in [2.75, 3.05) is 5.88 Å². The molecule has 2 aromatic carbocycles. The summed E-state index contributed by atoms with van der Waals surface area (Å²) >= 11 is 5.92. The highest BCUT2D eigenvalue weighted by molar-refractivity contribution is 6.18. The van der Waals surface area contributed by atoms with Crippen LogP contribution in [0.5, 0.6) is 0 Å². The molecule has 0 aliphatic rings. The summed E-state index contributed by atoms with van der Waals surface area (Å²) in [7, 11) is 0. The summed E-state index contributed by atoms with van der Waals surface area (Å²) in [6.07, 6.45) is 0. The first-order valence-electron chi connectivity index (χ1n) is 5.78. The number of alkyl halides is 1. The monoisotopic (exact) mass is 259 g/mol. The molecule has 1 atom stereocenters. The number of carbonyl (C=O) groups excluding carboxylic acids is 1. The largest absolute Gasteiger partial charge is 0.344 e. The number of nitrogens with one attached hydrogen (secondary N) is 1. The van der Waals surface area contributed by atoms with Gasteiger partial charge >= 0.3 is 0 Å². The second-order valence-electron chi connectivity index (χ2n) is 3.96. The van der Waals surface area contributed by atoms with Crippen LogP contribution in [0.2, 0.25) is 0 Å². The number of hydrogen-bond donors (Lipinski definition) is 1. The fourth-order valence-corrected chi connectivity index (χ4v) is 1.98. The van der Waals surface area contributed by atoms with E-state index in [0.717, 1.165) is 5.56 Å². The lowest BCUT2D eigenvalue weighted by Crippen LogP contribution is -2.29. The number of amides is 1. The van der Waals surface area contributed by atoms with E-state index in [0.29, 0.717) is 11.4 Å². The summed E-state index contributed by atoms with van der Waals surface area (Å²) in [6.45, 7) is 0. The lowest BCUT2D eigenvalue weighted by Gasteiger charge is -2.16. The van der Waals surface area contributed by atoms with Gasteiger partial charge in [-0.3, -0.25) is 4.79 Å². The molecular weight excluding hydrogens is 246 g/mol. The molecule has 0 unspecified atom stereocenters. The first-order valence-corrected chi connectivity index (χ1v) is 6.31. The number of halogens is 1. The van der Waals surface area contributed by atoms with Gasteiger partial charge in [0.15, 0.2) is 0 Å². The molecule has 0 aliphatic carbocycles. The van der Waals surface area contributed by atoms with Crippen LogP contribution in [0.1, 0.15) is 22.0 Å². The molecule has 0 aromatic heterocycles. The summed E-state index contributed by atoms with van der Waals surface area (Å²) in [6, 6.07) is 18.7. The van der Waals surface area contributed by atoms with Crippen LogP contribution in [-0.4, -0.2) is 11.8 Å². The van der Waals surface area contributed by atoms with Crippen molar-refractivity contribution < 1.29 is 4.79 Å². The highest BCUT2D eigenvalue weighted by atomic mass is 35.5. The first kappa shape index (κ1) is 12.7. The molecule has 0 aliphatic heterocycles. The van der Waals surface area contributed by atoms with Gasteiger partial charge in [0.1, 0.15) is 0 Å². The summed E-state index contributed by atoms with van der Waals surface area (Å²) in [5.41, 5.74) is 1.65. The normalized spacial score (nSPS) is 11.8. The van der Waals surface area contributed by atoms with Gasteiger partial charge in [-0.1, -0.05) is 48.5 Å². The summed E-state index contributed by atoms with van der Waals surface area (Å²) in [5.74, 6) is 0.243. The molecular formula is C15H14ClNO. The van der Waals surface area contributed by atoms with E-state index in [4.69, 9.17) is 11.6 Å². The van der Waals surface area contributed by atoms with Gasteiger partial charge < -0.3 is 5.32 Å². The molecule has 2 nitrogen and oxygen atoms in total. The number of benzene rings is 2. The highest BCUT2D eigenvalue weighted by Gasteiger charge is 2.14. The SMILES string of the molecule is O=C(N[C@H](CCl)c1ccccc1)c1ccccc1. The van der Waals surface area contributed by atoms with E-state index in [9.17, 15) is 4.79 Å². The molecule has 2 aromatic rings. The maximum Gasteiger partial charge on any atom is 0.251 e. The van der Waals surface area contributed by atoms with Gasteiger partial charge in [-0.05, 0) is 17.7 Å². The minimum atomic E-state index is -0.166. The van der Waals surface area contributed by atoms with Gasteiger partial charge in [0, 0.05) is 11.4 Å². The Morgan fingerprint density at radius 2 is 1.56 bits per heavy atom. The van der Waals surface area contributed by atoms with E-state index >= 15 is 0 Å². The van der Waals surface area contributed by atoms with Gasteiger partial charge in [-0.25, -0.2) is 0 Å². The third-order valence-electron chi connectivity index (χ3n) is 2.70. The molecule has 0 saturated carbocycles. The lowest BCUT2D eigenvalue weighted by molar-refractivity contribution is 0.0940. The Bertz CT molecular complexity index is 498. The van der Waals surface area contributed by atoms with Crippen molar-refractivity contribution in [1.82, 2.24) is 5.32 Å². The summed E-state index contributed by atoms with van der Waals surface area (Å²) in [4.78, 5) is 12.0. The number of carbonyl (C=O) groups is 1. The maximum atomic E-state index is 12.0. The van der Waals surface area contributed by atoms with Crippen LogP contribution in [0.4, 0.5) is 0 Å². The second-order valence-corrected chi connectivity index (χ2v) is 4.27. The molecule has 0 bridgehead atoms. The van der Waals surface area contributed by atoms with Gasteiger partial charge in [0.2, 0.25) is 0 Å². The molecule has 3 heteroatoms. The topological polar surface area (TPSA) is 29.1 Å². The predicted octanol–water partition coefficient (Wildman–Crippen LogP) is 3.40. The zero-order valence-electron chi connectivity index (χ0n) is 9.84. The highest BCUT2D eigenvalue weighted by Crippen LogP contribution is 2.14. The molecule has 1 amide bonds. The van der Waals surface area contributed by atoms with E-state index in [1.807, 2.05) is 48.5 Å². The van der Waals surface area contributed by atoms with Crippen LogP contribution in [0, 0.1) is 0 Å². The van der Waals surface area contributed by atoms with E-state index in [-0.39, 0.29) is 11.9 Å². The average Bonchev–Trinajstić information content (AvgIpc) is 2.46. The van der Waals surface area contributed by atoms with Crippen LogP contribution >= 0.6 is 11.6 Å². The quantitative estimate of drug-likeness (QED) is 0.838. The van der Waals surface area contributed by atoms with Crippen LogP contribution < -0.4 is 5.32 Å². The molecule has 0 fully saturated rings. The van der Waals surface area contributed by atoms with Crippen molar-refractivity contribution in [2.45, 2.75) is 6.04 Å². The smallest absolute Gasteiger partial charge is 0.251 e. The number of hydrogen-bond acceptors (Lipinski definition) is 1. The van der Waals surface area contributed by atoms with Crippen LogP contribution in [0.15, 0.2) is 60.7 Å². The summed E-state index contributed by atoms with van der Waals surface area (Å²) in [5, 5.41) is 2.93. The zero-order valence-corrected chi connectivity index (χ0v) is 10.6. The Morgan fingerprint density at radius 3 is 2.11 bits per heavy atom. The van der Waals surface area contributed by atoms with Crippen molar-refractivity contribution in [3.05, 3.63) is 71.8 Å². The molecule has 0 saturated heterocycles. The van der Waals surface area contributed by atoms with E-state index in [1.165, 1.54) is 0 Å². The van der Waals surface area contributed by atoms with E-state index in [2.05, 4.69) is 5.32 Å². The molecule has 92 valence electrons. The molecule has 18 heavy (non-hydrogen) atoms. The Labute approximate surface area is 112 Å². The Balaban J connectivity index is 2.10. The Morgan fingerprint density at radius 1 is 1.00 bits per heavy atom. The zero-order chi connectivity index (χ0) is 12.8. The van der Waals surface area contributed by atoms with Gasteiger partial charge in [0.25, 0.3) is 5.91 Å². The minimum Gasteiger partial charge on any atom is -0.344 e. The first-order chi connectivity index (χ1) is 8.81.